The number of nitrogens with two attached hydrogens (primary N) is 1. The van der Waals surface area contributed by atoms with Gasteiger partial charge < -0.3 is 20.7 Å². The maximum absolute atomic E-state index is 12.1. The molecule has 2 aliphatic rings. The molecule has 0 aliphatic carbocycles. The van der Waals surface area contributed by atoms with Crippen LogP contribution in [0.5, 0.6) is 0 Å². The van der Waals surface area contributed by atoms with Gasteiger partial charge in [-0.3, -0.25) is 4.79 Å². The van der Waals surface area contributed by atoms with Gasteiger partial charge in [-0.2, -0.15) is 0 Å². The Kier molecular flexibility index (Phi) is 5.31. The Labute approximate surface area is 188 Å². The van der Waals surface area contributed by atoms with Crippen molar-refractivity contribution in [1.82, 2.24) is 10.3 Å². The maximum atomic E-state index is 12.1. The van der Waals surface area contributed by atoms with Gasteiger partial charge in [0.1, 0.15) is 5.82 Å². The van der Waals surface area contributed by atoms with Gasteiger partial charge in [0.25, 0.3) is 5.91 Å². The summed E-state index contributed by atoms with van der Waals surface area (Å²) in [7, 11) is 0. The minimum absolute atomic E-state index is 0.0122. The highest BCUT2D eigenvalue weighted by molar-refractivity contribution is 5.97. The number of nitrogens with one attached hydrogen (secondary N) is 1. The number of morpholine rings is 1. The Bertz CT molecular complexity index is 1150. The number of ether oxygens (including phenoxy) is 1. The lowest BCUT2D eigenvalue weighted by Crippen LogP contribution is -2.45. The molecule has 0 saturated carbocycles. The normalized spacial score (nSPS) is 20.6. The second-order valence-corrected chi connectivity index (χ2v) is 8.74. The van der Waals surface area contributed by atoms with Crippen molar-refractivity contribution in [3.63, 3.8) is 0 Å². The zero-order chi connectivity index (χ0) is 22.2. The number of nitrogen functional groups attached to an aromatic ring is 1. The predicted molar refractivity (Wildman–Crippen MR) is 128 cm³/mol. The molecule has 2 unspecified atom stereocenters. The number of anilines is 2. The zero-order valence-electron chi connectivity index (χ0n) is 18.5. The number of rotatable bonds is 3. The van der Waals surface area contributed by atoms with Crippen LogP contribution in [-0.2, 0) is 11.2 Å². The summed E-state index contributed by atoms with van der Waals surface area (Å²) >= 11 is 0. The number of hydrogen-bond acceptors (Lipinski definition) is 5. The molecule has 5 rings (SSSR count). The second kappa shape index (κ2) is 8.28. The standard InChI is InChI=1S/C26H28N4O2/c1-16-14-30(15-17(2)32-16)22-6-3-18(4-7-22)21-12-24(25(27)29-13-21)19-5-8-23-20(11-19)9-10-28-26(23)31/h3-8,11-13,16-17H,9-10,14-15H2,1-2H3,(H2,27,29)(H,28,31). The monoisotopic (exact) mass is 428 g/mol. The van der Waals surface area contributed by atoms with E-state index in [-0.39, 0.29) is 18.1 Å². The number of carbonyl (C=O) groups excluding carboxylic acids is 1. The highest BCUT2D eigenvalue weighted by Gasteiger charge is 2.22. The average Bonchev–Trinajstić information content (AvgIpc) is 2.79. The first kappa shape index (κ1) is 20.5. The first-order valence-corrected chi connectivity index (χ1v) is 11.2. The van der Waals surface area contributed by atoms with Crippen molar-refractivity contribution in [3.05, 3.63) is 65.9 Å². The molecule has 1 fully saturated rings. The summed E-state index contributed by atoms with van der Waals surface area (Å²) in [6, 6.07) is 16.6. The Morgan fingerprint density at radius 3 is 2.44 bits per heavy atom. The van der Waals surface area contributed by atoms with Crippen LogP contribution in [-0.4, -0.2) is 42.7 Å². The van der Waals surface area contributed by atoms with Crippen molar-refractivity contribution in [3.8, 4) is 22.3 Å². The fourth-order valence-electron chi connectivity index (χ4n) is 4.71. The van der Waals surface area contributed by atoms with E-state index in [1.165, 1.54) is 5.69 Å². The number of benzene rings is 2. The van der Waals surface area contributed by atoms with Crippen molar-refractivity contribution in [1.29, 1.82) is 0 Å². The molecule has 3 N–H and O–H groups in total. The summed E-state index contributed by atoms with van der Waals surface area (Å²) < 4.78 is 5.85. The zero-order valence-corrected chi connectivity index (χ0v) is 18.5. The van der Waals surface area contributed by atoms with Crippen molar-refractivity contribution in [2.24, 2.45) is 0 Å². The largest absolute Gasteiger partial charge is 0.383 e. The lowest BCUT2D eigenvalue weighted by molar-refractivity contribution is -0.00521. The third kappa shape index (κ3) is 3.94. The molecule has 2 aliphatic heterocycles. The molecule has 1 amide bonds. The van der Waals surface area contributed by atoms with Crippen LogP contribution in [0.2, 0.25) is 0 Å². The maximum Gasteiger partial charge on any atom is 0.251 e. The molecule has 1 saturated heterocycles. The molecule has 0 spiro atoms. The van der Waals surface area contributed by atoms with E-state index in [1.54, 1.807) is 0 Å². The molecule has 6 nitrogen and oxygen atoms in total. The van der Waals surface area contributed by atoms with Gasteiger partial charge in [0.05, 0.1) is 12.2 Å². The van der Waals surface area contributed by atoms with Gasteiger partial charge in [0, 0.05) is 48.2 Å². The summed E-state index contributed by atoms with van der Waals surface area (Å²) in [5, 5.41) is 2.89. The molecule has 0 bridgehead atoms. The first-order chi connectivity index (χ1) is 15.5. The number of aromatic nitrogens is 1. The van der Waals surface area contributed by atoms with Gasteiger partial charge >= 0.3 is 0 Å². The smallest absolute Gasteiger partial charge is 0.251 e. The lowest BCUT2D eigenvalue weighted by atomic mass is 9.94. The minimum Gasteiger partial charge on any atom is -0.383 e. The third-order valence-electron chi connectivity index (χ3n) is 6.24. The van der Waals surface area contributed by atoms with Crippen molar-refractivity contribution in [2.75, 3.05) is 30.3 Å². The molecule has 6 heteroatoms. The molecule has 164 valence electrons. The fourth-order valence-corrected chi connectivity index (χ4v) is 4.71. The highest BCUT2D eigenvalue weighted by Crippen LogP contribution is 2.32. The van der Waals surface area contributed by atoms with Crippen LogP contribution < -0.4 is 16.0 Å². The molecule has 3 aromatic rings. The summed E-state index contributed by atoms with van der Waals surface area (Å²) in [6.45, 7) is 6.69. The van der Waals surface area contributed by atoms with Gasteiger partial charge in [-0.05, 0) is 61.2 Å². The Hall–Kier alpha value is -3.38. The van der Waals surface area contributed by atoms with E-state index < -0.39 is 0 Å². The van der Waals surface area contributed by atoms with E-state index in [9.17, 15) is 4.79 Å². The number of hydrogen-bond donors (Lipinski definition) is 2. The van der Waals surface area contributed by atoms with E-state index in [0.29, 0.717) is 12.4 Å². The summed E-state index contributed by atoms with van der Waals surface area (Å²) in [5.74, 6) is 0.476. The SMILES string of the molecule is CC1CN(c2ccc(-c3cnc(N)c(-c4ccc5c(c4)CCNC5=O)c3)cc2)CC(C)O1. The molecule has 32 heavy (non-hydrogen) atoms. The molecule has 1 aromatic heterocycles. The number of amides is 1. The molecular weight excluding hydrogens is 400 g/mol. The Morgan fingerprint density at radius 1 is 0.969 bits per heavy atom. The Morgan fingerprint density at radius 2 is 1.69 bits per heavy atom. The van der Waals surface area contributed by atoms with Crippen molar-refractivity contribution < 1.29 is 9.53 Å². The number of carbonyl (C=O) groups is 1. The van der Waals surface area contributed by atoms with E-state index in [4.69, 9.17) is 10.5 Å². The highest BCUT2D eigenvalue weighted by atomic mass is 16.5. The van der Waals surface area contributed by atoms with Crippen LogP contribution in [0.15, 0.2) is 54.7 Å². The minimum atomic E-state index is -0.0122. The van der Waals surface area contributed by atoms with E-state index in [1.807, 2.05) is 18.3 Å². The quantitative estimate of drug-likeness (QED) is 0.661. The van der Waals surface area contributed by atoms with Crippen molar-refractivity contribution >= 4 is 17.4 Å². The average molecular weight is 429 g/mol. The van der Waals surface area contributed by atoms with E-state index in [2.05, 4.69) is 65.4 Å². The van der Waals surface area contributed by atoms with Crippen LogP contribution in [0.3, 0.4) is 0 Å². The third-order valence-corrected chi connectivity index (χ3v) is 6.24. The van der Waals surface area contributed by atoms with Gasteiger partial charge in [-0.15, -0.1) is 0 Å². The van der Waals surface area contributed by atoms with Crippen LogP contribution >= 0.6 is 0 Å². The Balaban J connectivity index is 1.43. The fraction of sp³-hybridized carbons (Fsp3) is 0.308. The number of nitrogens with zero attached hydrogens (tertiary/aromatic N) is 2. The van der Waals surface area contributed by atoms with E-state index in [0.717, 1.165) is 52.9 Å². The lowest BCUT2D eigenvalue weighted by Gasteiger charge is -2.36. The molecule has 2 aromatic carbocycles. The van der Waals surface area contributed by atoms with Crippen LogP contribution in [0, 0.1) is 0 Å². The van der Waals surface area contributed by atoms with Crippen LogP contribution in [0.1, 0.15) is 29.8 Å². The van der Waals surface area contributed by atoms with Crippen molar-refractivity contribution in [2.45, 2.75) is 32.5 Å². The molecule has 2 atom stereocenters. The van der Waals surface area contributed by atoms with Gasteiger partial charge in [-0.1, -0.05) is 24.3 Å². The topological polar surface area (TPSA) is 80.5 Å². The van der Waals surface area contributed by atoms with Crippen LogP contribution in [0.4, 0.5) is 11.5 Å². The summed E-state index contributed by atoms with van der Waals surface area (Å²) in [6.07, 6.45) is 3.09. The molecule has 3 heterocycles. The second-order valence-electron chi connectivity index (χ2n) is 8.74. The molecular formula is C26H28N4O2. The number of pyridine rings is 1. The predicted octanol–water partition coefficient (Wildman–Crippen LogP) is 3.90. The van der Waals surface area contributed by atoms with Crippen LogP contribution in [0.25, 0.3) is 22.3 Å². The molecule has 0 radical (unpaired) electrons. The van der Waals surface area contributed by atoms with Gasteiger partial charge in [-0.25, -0.2) is 4.98 Å². The van der Waals surface area contributed by atoms with Gasteiger partial charge in [0.15, 0.2) is 0 Å². The van der Waals surface area contributed by atoms with E-state index >= 15 is 0 Å². The summed E-state index contributed by atoms with van der Waals surface area (Å²) in [4.78, 5) is 18.9. The first-order valence-electron chi connectivity index (χ1n) is 11.2. The van der Waals surface area contributed by atoms with Gasteiger partial charge in [0.2, 0.25) is 0 Å². The summed E-state index contributed by atoms with van der Waals surface area (Å²) in [5.41, 5.74) is 13.2. The number of fused-ring (bicyclic) bond motifs is 1.